The summed E-state index contributed by atoms with van der Waals surface area (Å²) in [5.41, 5.74) is 0.0213. The Morgan fingerprint density at radius 1 is 1.32 bits per heavy atom. The fourth-order valence-corrected chi connectivity index (χ4v) is 1.77. The number of nitrogens with zero attached hydrogens (tertiary/aromatic N) is 1. The standard InChI is InChI=1S/C15H22N2O5/c1-15(2,3)22-14(19)17-11(13(18)21-5)9-10-7-6-8-16-12(10)20-4/h6-8,11H,9H2,1-5H3,(H,17,19)/t11-/m0/s1. The lowest BCUT2D eigenvalue weighted by Crippen LogP contribution is -2.45. The van der Waals surface area contributed by atoms with Gasteiger partial charge < -0.3 is 19.5 Å². The van der Waals surface area contributed by atoms with E-state index in [4.69, 9.17) is 14.2 Å². The normalized spacial score (nSPS) is 12.2. The molecule has 0 saturated heterocycles. The molecule has 1 rings (SSSR count). The quantitative estimate of drug-likeness (QED) is 0.833. The van der Waals surface area contributed by atoms with E-state index in [9.17, 15) is 9.59 Å². The van der Waals surface area contributed by atoms with Crippen molar-refractivity contribution in [1.29, 1.82) is 0 Å². The second kappa shape index (κ2) is 7.63. The van der Waals surface area contributed by atoms with E-state index in [1.54, 1.807) is 39.1 Å². The number of methoxy groups -OCH3 is 2. The molecule has 0 aromatic carbocycles. The summed E-state index contributed by atoms with van der Waals surface area (Å²) in [7, 11) is 2.74. The minimum absolute atomic E-state index is 0.183. The topological polar surface area (TPSA) is 86.8 Å². The molecule has 1 atom stereocenters. The fraction of sp³-hybridized carbons (Fsp3) is 0.533. The van der Waals surface area contributed by atoms with E-state index in [2.05, 4.69) is 10.3 Å². The van der Waals surface area contributed by atoms with Crippen LogP contribution >= 0.6 is 0 Å². The number of hydrogen-bond donors (Lipinski definition) is 1. The summed E-state index contributed by atoms with van der Waals surface area (Å²) in [5, 5.41) is 2.51. The molecule has 0 aliphatic rings. The van der Waals surface area contributed by atoms with Gasteiger partial charge in [-0.1, -0.05) is 6.07 Å². The minimum atomic E-state index is -0.891. The van der Waals surface area contributed by atoms with Crippen LogP contribution in [0.4, 0.5) is 4.79 Å². The van der Waals surface area contributed by atoms with Crippen LogP contribution in [-0.4, -0.2) is 42.9 Å². The number of carbonyl (C=O) groups excluding carboxylic acids is 2. The van der Waals surface area contributed by atoms with Crippen molar-refractivity contribution in [2.24, 2.45) is 0 Å². The van der Waals surface area contributed by atoms with E-state index < -0.39 is 23.7 Å². The first kappa shape index (κ1) is 17.7. The number of esters is 1. The highest BCUT2D eigenvalue weighted by atomic mass is 16.6. The van der Waals surface area contributed by atoms with Gasteiger partial charge in [0.2, 0.25) is 5.88 Å². The Labute approximate surface area is 130 Å². The number of pyridine rings is 1. The summed E-state index contributed by atoms with van der Waals surface area (Å²) in [6.07, 6.45) is 1.07. The van der Waals surface area contributed by atoms with Crippen LogP contribution in [0.5, 0.6) is 5.88 Å². The van der Waals surface area contributed by atoms with Gasteiger partial charge in [0.15, 0.2) is 0 Å². The smallest absolute Gasteiger partial charge is 0.408 e. The average molecular weight is 310 g/mol. The predicted octanol–water partition coefficient (Wildman–Crippen LogP) is 1.70. The summed E-state index contributed by atoms with van der Waals surface area (Å²) >= 11 is 0. The van der Waals surface area contributed by atoms with Crippen LogP contribution in [0.3, 0.4) is 0 Å². The third kappa shape index (κ3) is 5.59. The SMILES string of the molecule is COC(=O)[C@H](Cc1cccnc1OC)NC(=O)OC(C)(C)C. The van der Waals surface area contributed by atoms with Crippen LogP contribution in [-0.2, 0) is 20.7 Å². The van der Waals surface area contributed by atoms with Gasteiger partial charge in [-0.15, -0.1) is 0 Å². The van der Waals surface area contributed by atoms with E-state index in [0.717, 1.165) is 0 Å². The molecule has 0 unspecified atom stereocenters. The number of alkyl carbamates (subject to hydrolysis) is 1. The van der Waals surface area contributed by atoms with Crippen LogP contribution in [0.15, 0.2) is 18.3 Å². The van der Waals surface area contributed by atoms with Gasteiger partial charge in [0, 0.05) is 18.2 Å². The maximum atomic E-state index is 11.9. The third-order valence-electron chi connectivity index (χ3n) is 2.64. The van der Waals surface area contributed by atoms with Gasteiger partial charge in [-0.25, -0.2) is 14.6 Å². The molecule has 0 fully saturated rings. The Morgan fingerprint density at radius 2 is 2.00 bits per heavy atom. The van der Waals surface area contributed by atoms with Crippen LogP contribution in [0.25, 0.3) is 0 Å². The Hall–Kier alpha value is -2.31. The lowest BCUT2D eigenvalue weighted by molar-refractivity contribution is -0.143. The number of ether oxygens (including phenoxy) is 3. The Morgan fingerprint density at radius 3 is 2.55 bits per heavy atom. The van der Waals surface area contributed by atoms with Crippen molar-refractivity contribution in [3.63, 3.8) is 0 Å². The summed E-state index contributed by atoms with van der Waals surface area (Å²) < 4.78 is 15.0. The van der Waals surface area contributed by atoms with Crippen LogP contribution in [0.1, 0.15) is 26.3 Å². The van der Waals surface area contributed by atoms with E-state index in [-0.39, 0.29) is 6.42 Å². The maximum absolute atomic E-state index is 11.9. The van der Waals surface area contributed by atoms with Gasteiger partial charge in [-0.3, -0.25) is 0 Å². The molecule has 0 saturated carbocycles. The molecule has 1 aromatic rings. The van der Waals surface area contributed by atoms with Crippen molar-refractivity contribution in [3.8, 4) is 5.88 Å². The number of amides is 1. The molecule has 22 heavy (non-hydrogen) atoms. The Bertz CT molecular complexity index is 525. The van der Waals surface area contributed by atoms with Crippen molar-refractivity contribution in [3.05, 3.63) is 23.9 Å². The second-order valence-electron chi connectivity index (χ2n) is 5.60. The van der Waals surface area contributed by atoms with Gasteiger partial charge in [-0.2, -0.15) is 0 Å². The van der Waals surface area contributed by atoms with Gasteiger partial charge in [0.25, 0.3) is 0 Å². The molecule has 1 amide bonds. The summed E-state index contributed by atoms with van der Waals surface area (Å²) in [4.78, 5) is 27.8. The first-order valence-corrected chi connectivity index (χ1v) is 6.82. The van der Waals surface area contributed by atoms with Crippen molar-refractivity contribution >= 4 is 12.1 Å². The van der Waals surface area contributed by atoms with E-state index >= 15 is 0 Å². The number of aromatic nitrogens is 1. The Kier molecular flexibility index (Phi) is 6.15. The van der Waals surface area contributed by atoms with Crippen molar-refractivity contribution < 1.29 is 23.8 Å². The molecule has 122 valence electrons. The largest absolute Gasteiger partial charge is 0.481 e. The monoisotopic (exact) mass is 310 g/mol. The van der Waals surface area contributed by atoms with Gasteiger partial charge >= 0.3 is 12.1 Å². The van der Waals surface area contributed by atoms with E-state index in [1.165, 1.54) is 14.2 Å². The van der Waals surface area contributed by atoms with Crippen LogP contribution in [0.2, 0.25) is 0 Å². The fourth-order valence-electron chi connectivity index (χ4n) is 1.77. The van der Waals surface area contributed by atoms with Gasteiger partial charge in [-0.05, 0) is 26.8 Å². The maximum Gasteiger partial charge on any atom is 0.408 e. The summed E-state index contributed by atoms with van der Waals surface area (Å²) in [6, 6.07) is 2.59. The van der Waals surface area contributed by atoms with Gasteiger partial charge in [0.05, 0.1) is 14.2 Å². The average Bonchev–Trinajstić information content (AvgIpc) is 2.44. The molecule has 0 aliphatic heterocycles. The molecule has 1 heterocycles. The number of rotatable bonds is 5. The molecule has 7 nitrogen and oxygen atoms in total. The van der Waals surface area contributed by atoms with Crippen LogP contribution in [0, 0.1) is 0 Å². The zero-order valence-electron chi connectivity index (χ0n) is 13.5. The molecule has 1 aromatic heterocycles. The zero-order valence-corrected chi connectivity index (χ0v) is 13.5. The van der Waals surface area contributed by atoms with Gasteiger partial charge in [0.1, 0.15) is 11.6 Å². The number of nitrogens with one attached hydrogen (secondary N) is 1. The zero-order chi connectivity index (χ0) is 16.8. The predicted molar refractivity (Wildman–Crippen MR) is 79.7 cm³/mol. The highest BCUT2D eigenvalue weighted by Crippen LogP contribution is 2.16. The lowest BCUT2D eigenvalue weighted by Gasteiger charge is -2.22. The molecule has 0 aliphatic carbocycles. The number of hydrogen-bond acceptors (Lipinski definition) is 6. The van der Waals surface area contributed by atoms with Crippen molar-refractivity contribution in [1.82, 2.24) is 10.3 Å². The van der Waals surface area contributed by atoms with Crippen LogP contribution < -0.4 is 10.1 Å². The molecule has 7 heteroatoms. The minimum Gasteiger partial charge on any atom is -0.481 e. The Balaban J connectivity index is 2.85. The summed E-state index contributed by atoms with van der Waals surface area (Å²) in [5.74, 6) is -0.181. The highest BCUT2D eigenvalue weighted by Gasteiger charge is 2.26. The molecule has 0 spiro atoms. The number of carbonyl (C=O) groups is 2. The third-order valence-corrected chi connectivity index (χ3v) is 2.64. The lowest BCUT2D eigenvalue weighted by atomic mass is 10.1. The molecule has 1 N–H and O–H groups in total. The molecule has 0 bridgehead atoms. The highest BCUT2D eigenvalue weighted by molar-refractivity contribution is 5.81. The summed E-state index contributed by atoms with van der Waals surface area (Å²) in [6.45, 7) is 5.22. The first-order chi connectivity index (χ1) is 10.3. The molecule has 0 radical (unpaired) electrons. The van der Waals surface area contributed by atoms with Crippen molar-refractivity contribution in [2.45, 2.75) is 38.8 Å². The molecular weight excluding hydrogens is 288 g/mol. The van der Waals surface area contributed by atoms with E-state index in [0.29, 0.717) is 11.4 Å². The van der Waals surface area contributed by atoms with Crippen molar-refractivity contribution in [2.75, 3.05) is 14.2 Å². The second-order valence-corrected chi connectivity index (χ2v) is 5.60. The first-order valence-electron chi connectivity index (χ1n) is 6.82. The van der Waals surface area contributed by atoms with E-state index in [1.807, 2.05) is 0 Å². The molecular formula is C15H22N2O5.